The molecule has 0 bridgehead atoms. The number of carbonyl (C=O) groups is 2. The number of nitrogens with zero attached hydrogens (tertiary/aromatic N) is 1. The number of amides is 2. The van der Waals surface area contributed by atoms with Crippen molar-refractivity contribution in [2.24, 2.45) is 5.92 Å². The van der Waals surface area contributed by atoms with Crippen LogP contribution in [-0.2, 0) is 9.59 Å². The maximum atomic E-state index is 12.1. The van der Waals surface area contributed by atoms with Gasteiger partial charge in [0, 0.05) is 24.8 Å². The van der Waals surface area contributed by atoms with E-state index in [1.807, 2.05) is 30.3 Å². The first-order chi connectivity index (χ1) is 12.2. The van der Waals surface area contributed by atoms with Gasteiger partial charge in [0.1, 0.15) is 0 Å². The Kier molecular flexibility index (Phi) is 10.7. The summed E-state index contributed by atoms with van der Waals surface area (Å²) in [7, 11) is 0. The molecular formula is C19H30Cl2N4O2. The summed E-state index contributed by atoms with van der Waals surface area (Å²) in [5, 5.41) is 9.23. The van der Waals surface area contributed by atoms with Gasteiger partial charge in [0.15, 0.2) is 0 Å². The van der Waals surface area contributed by atoms with Gasteiger partial charge in [-0.2, -0.15) is 0 Å². The predicted molar refractivity (Wildman–Crippen MR) is 113 cm³/mol. The zero-order valence-corrected chi connectivity index (χ0v) is 17.1. The third-order valence-corrected chi connectivity index (χ3v) is 4.79. The van der Waals surface area contributed by atoms with Gasteiger partial charge in [0.2, 0.25) is 11.8 Å². The van der Waals surface area contributed by atoms with Gasteiger partial charge in [0.25, 0.3) is 0 Å². The Bertz CT molecular complexity index is 576. The number of rotatable bonds is 8. The van der Waals surface area contributed by atoms with E-state index < -0.39 is 0 Å². The molecular weight excluding hydrogens is 387 g/mol. The molecule has 0 unspecified atom stereocenters. The molecule has 6 nitrogen and oxygen atoms in total. The topological polar surface area (TPSA) is 73.5 Å². The summed E-state index contributed by atoms with van der Waals surface area (Å²) in [6.07, 6.45) is 4.38. The fourth-order valence-corrected chi connectivity index (χ4v) is 3.15. The Morgan fingerprint density at radius 3 is 2.26 bits per heavy atom. The second-order valence-corrected chi connectivity index (χ2v) is 7.11. The fraction of sp³-hybridized carbons (Fsp3) is 0.579. The monoisotopic (exact) mass is 416 g/mol. The van der Waals surface area contributed by atoms with Crippen molar-refractivity contribution in [3.8, 4) is 0 Å². The molecule has 3 N–H and O–H groups in total. The van der Waals surface area contributed by atoms with E-state index in [-0.39, 0.29) is 42.7 Å². The molecule has 2 fully saturated rings. The van der Waals surface area contributed by atoms with Crippen LogP contribution in [0.25, 0.3) is 0 Å². The fourth-order valence-electron chi connectivity index (χ4n) is 3.15. The third-order valence-electron chi connectivity index (χ3n) is 4.79. The zero-order valence-electron chi connectivity index (χ0n) is 15.5. The van der Waals surface area contributed by atoms with Crippen molar-refractivity contribution in [1.82, 2.24) is 15.5 Å². The van der Waals surface area contributed by atoms with Crippen molar-refractivity contribution >= 4 is 42.3 Å². The molecule has 1 aromatic rings. The minimum atomic E-state index is 0. The first-order valence-corrected chi connectivity index (χ1v) is 9.26. The standard InChI is InChI=1S/C19H28N4O2.2ClH/c24-18(13-20-12-15-6-7-15)21-17-8-10-23(11-9-17)14-19(25)22-16-4-2-1-3-5-16;;/h1-5,15,17,20H,6-14H2,(H,21,24)(H,22,25);2*1H. The lowest BCUT2D eigenvalue weighted by atomic mass is 10.0. The Balaban J connectivity index is 0.00000182. The molecule has 1 aliphatic carbocycles. The molecule has 2 amide bonds. The minimum absolute atomic E-state index is 0. The van der Waals surface area contributed by atoms with Crippen LogP contribution in [0.15, 0.2) is 30.3 Å². The molecule has 1 saturated carbocycles. The van der Waals surface area contributed by atoms with Crippen LogP contribution in [0.2, 0.25) is 0 Å². The molecule has 0 aromatic heterocycles. The number of nitrogens with one attached hydrogen (secondary N) is 3. The van der Waals surface area contributed by atoms with Crippen molar-refractivity contribution in [2.45, 2.75) is 31.7 Å². The van der Waals surface area contributed by atoms with Gasteiger partial charge in [-0.05, 0) is 50.3 Å². The average Bonchev–Trinajstić information content (AvgIpc) is 3.42. The van der Waals surface area contributed by atoms with Gasteiger partial charge in [0.05, 0.1) is 13.1 Å². The minimum Gasteiger partial charge on any atom is -0.352 e. The zero-order chi connectivity index (χ0) is 17.5. The lowest BCUT2D eigenvalue weighted by molar-refractivity contribution is -0.122. The molecule has 0 atom stereocenters. The summed E-state index contributed by atoms with van der Waals surface area (Å²) in [6, 6.07) is 9.74. The van der Waals surface area contributed by atoms with Gasteiger partial charge >= 0.3 is 0 Å². The Morgan fingerprint density at radius 2 is 1.63 bits per heavy atom. The molecule has 1 aliphatic heterocycles. The average molecular weight is 417 g/mol. The Morgan fingerprint density at radius 1 is 0.963 bits per heavy atom. The van der Waals surface area contributed by atoms with E-state index in [9.17, 15) is 9.59 Å². The second-order valence-electron chi connectivity index (χ2n) is 7.11. The first-order valence-electron chi connectivity index (χ1n) is 9.26. The predicted octanol–water partition coefficient (Wildman–Crippen LogP) is 2.05. The maximum absolute atomic E-state index is 12.1. The van der Waals surface area contributed by atoms with E-state index in [0.29, 0.717) is 13.1 Å². The van der Waals surface area contributed by atoms with E-state index in [1.165, 1.54) is 12.8 Å². The van der Waals surface area contributed by atoms with Gasteiger partial charge < -0.3 is 16.0 Å². The van der Waals surface area contributed by atoms with Gasteiger partial charge in [-0.1, -0.05) is 18.2 Å². The number of hydrogen-bond acceptors (Lipinski definition) is 4. The smallest absolute Gasteiger partial charge is 0.238 e. The lowest BCUT2D eigenvalue weighted by Crippen LogP contribution is -2.48. The van der Waals surface area contributed by atoms with Crippen molar-refractivity contribution < 1.29 is 9.59 Å². The molecule has 0 spiro atoms. The number of para-hydroxylation sites is 1. The van der Waals surface area contributed by atoms with Gasteiger partial charge in [-0.3, -0.25) is 14.5 Å². The SMILES string of the molecule is Cl.Cl.O=C(CN1CCC(NC(=O)CNCC2CC2)CC1)Nc1ccccc1. The highest BCUT2D eigenvalue weighted by Gasteiger charge is 2.23. The first kappa shape index (κ1) is 23.7. The van der Waals surface area contributed by atoms with Crippen LogP contribution in [0.4, 0.5) is 5.69 Å². The largest absolute Gasteiger partial charge is 0.352 e. The molecule has 1 saturated heterocycles. The third kappa shape index (κ3) is 8.93. The summed E-state index contributed by atoms with van der Waals surface area (Å²) in [4.78, 5) is 26.2. The number of piperidine rings is 1. The van der Waals surface area contributed by atoms with Crippen LogP contribution in [0.3, 0.4) is 0 Å². The summed E-state index contributed by atoms with van der Waals surface area (Å²) >= 11 is 0. The van der Waals surface area contributed by atoms with Crippen LogP contribution in [0.1, 0.15) is 25.7 Å². The van der Waals surface area contributed by atoms with E-state index in [0.717, 1.165) is 44.1 Å². The quantitative estimate of drug-likeness (QED) is 0.606. The van der Waals surface area contributed by atoms with Crippen LogP contribution in [0, 0.1) is 5.92 Å². The number of halogens is 2. The van der Waals surface area contributed by atoms with Crippen molar-refractivity contribution in [2.75, 3.05) is 38.0 Å². The van der Waals surface area contributed by atoms with Crippen molar-refractivity contribution in [3.63, 3.8) is 0 Å². The number of hydrogen-bond donors (Lipinski definition) is 3. The molecule has 3 rings (SSSR count). The van der Waals surface area contributed by atoms with Crippen LogP contribution in [-0.4, -0.2) is 55.5 Å². The summed E-state index contributed by atoms with van der Waals surface area (Å²) in [6.45, 7) is 3.45. The van der Waals surface area contributed by atoms with E-state index in [2.05, 4.69) is 20.9 Å². The van der Waals surface area contributed by atoms with Crippen LogP contribution in [0.5, 0.6) is 0 Å². The number of carbonyl (C=O) groups excluding carboxylic acids is 2. The second kappa shape index (κ2) is 12.2. The molecule has 152 valence electrons. The highest BCUT2D eigenvalue weighted by atomic mass is 35.5. The molecule has 8 heteroatoms. The summed E-state index contributed by atoms with van der Waals surface area (Å²) in [5.74, 6) is 0.886. The maximum Gasteiger partial charge on any atom is 0.238 e. The normalized spacial score (nSPS) is 17.3. The molecule has 1 aromatic carbocycles. The molecule has 2 aliphatic rings. The van der Waals surface area contributed by atoms with Crippen LogP contribution < -0.4 is 16.0 Å². The van der Waals surface area contributed by atoms with Crippen molar-refractivity contribution in [3.05, 3.63) is 30.3 Å². The van der Waals surface area contributed by atoms with Gasteiger partial charge in [-0.25, -0.2) is 0 Å². The Labute approximate surface area is 173 Å². The number of benzene rings is 1. The Hall–Kier alpha value is -1.34. The van der Waals surface area contributed by atoms with Crippen LogP contribution >= 0.6 is 24.8 Å². The van der Waals surface area contributed by atoms with E-state index >= 15 is 0 Å². The van der Waals surface area contributed by atoms with Gasteiger partial charge in [-0.15, -0.1) is 24.8 Å². The van der Waals surface area contributed by atoms with E-state index in [1.54, 1.807) is 0 Å². The summed E-state index contributed by atoms with van der Waals surface area (Å²) in [5.41, 5.74) is 0.827. The highest BCUT2D eigenvalue weighted by molar-refractivity contribution is 5.92. The van der Waals surface area contributed by atoms with E-state index in [4.69, 9.17) is 0 Å². The highest BCUT2D eigenvalue weighted by Crippen LogP contribution is 2.27. The number of anilines is 1. The molecule has 0 radical (unpaired) electrons. The lowest BCUT2D eigenvalue weighted by Gasteiger charge is -2.31. The molecule has 1 heterocycles. The number of likely N-dealkylation sites (tertiary alicyclic amines) is 1. The van der Waals surface area contributed by atoms with Crippen molar-refractivity contribution in [1.29, 1.82) is 0 Å². The molecule has 27 heavy (non-hydrogen) atoms. The summed E-state index contributed by atoms with van der Waals surface area (Å²) < 4.78 is 0.